The van der Waals surface area contributed by atoms with Crippen molar-refractivity contribution in [2.75, 3.05) is 51.3 Å². The Hall–Kier alpha value is -2.45. The smallest absolute Gasteiger partial charge is 0.225 e. The third kappa shape index (κ3) is 7.14. The minimum Gasteiger partial charge on any atom is -0.379 e. The van der Waals surface area contributed by atoms with Gasteiger partial charge in [0.1, 0.15) is 0 Å². The molecule has 2 aliphatic rings. The van der Waals surface area contributed by atoms with Gasteiger partial charge < -0.3 is 20.3 Å². The number of benzene rings is 1. The molecule has 3 rings (SSSR count). The summed E-state index contributed by atoms with van der Waals surface area (Å²) in [7, 11) is 0. The summed E-state index contributed by atoms with van der Waals surface area (Å²) in [6.07, 6.45) is 2.22. The minimum absolute atomic E-state index is 0.0204. The van der Waals surface area contributed by atoms with Gasteiger partial charge in [-0.3, -0.25) is 19.3 Å². The van der Waals surface area contributed by atoms with Gasteiger partial charge in [0.15, 0.2) is 0 Å². The van der Waals surface area contributed by atoms with E-state index in [0.717, 1.165) is 57.1 Å². The third-order valence-corrected chi connectivity index (χ3v) is 5.24. The van der Waals surface area contributed by atoms with Crippen molar-refractivity contribution >= 4 is 23.4 Å². The van der Waals surface area contributed by atoms with Crippen molar-refractivity contribution in [2.45, 2.75) is 32.2 Å². The van der Waals surface area contributed by atoms with E-state index in [9.17, 15) is 14.4 Å². The van der Waals surface area contributed by atoms with Crippen LogP contribution in [0, 0.1) is 0 Å². The van der Waals surface area contributed by atoms with Crippen LogP contribution in [-0.4, -0.2) is 73.5 Å². The van der Waals surface area contributed by atoms with E-state index in [1.807, 2.05) is 24.3 Å². The van der Waals surface area contributed by atoms with Gasteiger partial charge in [-0.15, -0.1) is 0 Å². The second-order valence-corrected chi connectivity index (χ2v) is 7.46. The summed E-state index contributed by atoms with van der Waals surface area (Å²) in [6, 6.07) is 7.49. The van der Waals surface area contributed by atoms with E-state index in [1.54, 1.807) is 4.90 Å². The second-order valence-electron chi connectivity index (χ2n) is 7.46. The van der Waals surface area contributed by atoms with Crippen LogP contribution < -0.4 is 10.6 Å². The topological polar surface area (TPSA) is 91.0 Å². The van der Waals surface area contributed by atoms with Crippen LogP contribution in [0.4, 0.5) is 5.69 Å². The summed E-state index contributed by atoms with van der Waals surface area (Å²) in [5, 5.41) is 5.80. The fourth-order valence-corrected chi connectivity index (χ4v) is 3.53. The highest BCUT2D eigenvalue weighted by Crippen LogP contribution is 2.12. The van der Waals surface area contributed by atoms with E-state index in [1.165, 1.54) is 0 Å². The van der Waals surface area contributed by atoms with E-state index in [-0.39, 0.29) is 17.7 Å². The number of hydrogen-bond acceptors (Lipinski definition) is 5. The predicted molar refractivity (Wildman–Crippen MR) is 109 cm³/mol. The Morgan fingerprint density at radius 2 is 1.83 bits per heavy atom. The number of carbonyl (C=O) groups is 3. The van der Waals surface area contributed by atoms with Gasteiger partial charge >= 0.3 is 0 Å². The molecule has 29 heavy (non-hydrogen) atoms. The summed E-state index contributed by atoms with van der Waals surface area (Å²) in [4.78, 5) is 39.8. The monoisotopic (exact) mass is 402 g/mol. The molecule has 2 aliphatic heterocycles. The normalized spacial score (nSPS) is 17.4. The van der Waals surface area contributed by atoms with E-state index < -0.39 is 0 Å². The molecule has 3 amide bonds. The molecule has 2 heterocycles. The molecule has 0 atom stereocenters. The standard InChI is InChI=1S/C21H30N4O4/c26-19(7-10-25-8-2-5-21(25)28)22-16-17-3-1-4-18(15-17)23-20(27)6-9-24-11-13-29-14-12-24/h1,3-4,15H,2,5-14,16H2,(H,22,26)(H,23,27). The molecule has 0 radical (unpaired) electrons. The van der Waals surface area contributed by atoms with Crippen molar-refractivity contribution in [2.24, 2.45) is 0 Å². The summed E-state index contributed by atoms with van der Waals surface area (Å²) in [5.41, 5.74) is 1.65. The van der Waals surface area contributed by atoms with Gasteiger partial charge in [-0.05, 0) is 24.1 Å². The number of hydrogen-bond donors (Lipinski definition) is 2. The number of likely N-dealkylation sites (tertiary alicyclic amines) is 1. The van der Waals surface area contributed by atoms with Crippen molar-refractivity contribution in [3.63, 3.8) is 0 Å². The lowest BCUT2D eigenvalue weighted by Crippen LogP contribution is -2.38. The second kappa shape index (κ2) is 10.9. The van der Waals surface area contributed by atoms with Crippen LogP contribution in [0.15, 0.2) is 24.3 Å². The molecule has 8 nitrogen and oxygen atoms in total. The zero-order chi connectivity index (χ0) is 20.5. The van der Waals surface area contributed by atoms with E-state index in [2.05, 4.69) is 15.5 Å². The molecular weight excluding hydrogens is 372 g/mol. The maximum absolute atomic E-state index is 12.2. The van der Waals surface area contributed by atoms with E-state index in [4.69, 9.17) is 4.74 Å². The van der Waals surface area contributed by atoms with Crippen molar-refractivity contribution in [1.82, 2.24) is 15.1 Å². The number of ether oxygens (including phenoxy) is 1. The lowest BCUT2D eigenvalue weighted by molar-refractivity contribution is -0.128. The molecule has 0 unspecified atom stereocenters. The lowest BCUT2D eigenvalue weighted by Gasteiger charge is -2.26. The highest BCUT2D eigenvalue weighted by atomic mass is 16.5. The first-order valence-corrected chi connectivity index (χ1v) is 10.3. The Morgan fingerprint density at radius 1 is 1.03 bits per heavy atom. The molecule has 1 aromatic carbocycles. The molecular formula is C21H30N4O4. The van der Waals surface area contributed by atoms with Crippen LogP contribution >= 0.6 is 0 Å². The molecule has 2 N–H and O–H groups in total. The largest absolute Gasteiger partial charge is 0.379 e. The highest BCUT2D eigenvalue weighted by molar-refractivity contribution is 5.90. The maximum Gasteiger partial charge on any atom is 0.225 e. The number of amides is 3. The first kappa shape index (κ1) is 21.3. The fraction of sp³-hybridized carbons (Fsp3) is 0.571. The van der Waals surface area contributed by atoms with Gasteiger partial charge in [-0.25, -0.2) is 0 Å². The van der Waals surface area contributed by atoms with Crippen LogP contribution in [0.1, 0.15) is 31.2 Å². The molecule has 0 spiro atoms. The Labute approximate surface area is 171 Å². The van der Waals surface area contributed by atoms with Crippen molar-refractivity contribution in [3.05, 3.63) is 29.8 Å². The number of nitrogens with one attached hydrogen (secondary N) is 2. The van der Waals surface area contributed by atoms with Crippen LogP contribution in [-0.2, 0) is 25.7 Å². The summed E-state index contributed by atoms with van der Waals surface area (Å²) >= 11 is 0. The zero-order valence-corrected chi connectivity index (χ0v) is 16.8. The van der Waals surface area contributed by atoms with Crippen molar-refractivity contribution < 1.29 is 19.1 Å². The number of rotatable bonds is 9. The average molecular weight is 402 g/mol. The quantitative estimate of drug-likeness (QED) is 0.643. The average Bonchev–Trinajstić information content (AvgIpc) is 3.15. The minimum atomic E-state index is -0.0790. The maximum atomic E-state index is 12.2. The highest BCUT2D eigenvalue weighted by Gasteiger charge is 2.20. The summed E-state index contributed by atoms with van der Waals surface area (Å²) in [5.74, 6) is 0.0347. The molecule has 0 bridgehead atoms. The van der Waals surface area contributed by atoms with E-state index in [0.29, 0.717) is 32.4 Å². The van der Waals surface area contributed by atoms with Gasteiger partial charge in [0.05, 0.1) is 13.2 Å². The molecule has 2 saturated heterocycles. The third-order valence-electron chi connectivity index (χ3n) is 5.24. The lowest BCUT2D eigenvalue weighted by atomic mass is 10.2. The van der Waals surface area contributed by atoms with Crippen molar-refractivity contribution in [1.29, 1.82) is 0 Å². The fourth-order valence-electron chi connectivity index (χ4n) is 3.53. The Bertz CT molecular complexity index is 718. The zero-order valence-electron chi connectivity index (χ0n) is 16.8. The van der Waals surface area contributed by atoms with Gasteiger partial charge in [-0.2, -0.15) is 0 Å². The molecule has 8 heteroatoms. The van der Waals surface area contributed by atoms with Gasteiger partial charge in [0.2, 0.25) is 17.7 Å². The first-order valence-electron chi connectivity index (χ1n) is 10.3. The molecule has 0 aliphatic carbocycles. The van der Waals surface area contributed by atoms with Crippen molar-refractivity contribution in [3.8, 4) is 0 Å². The van der Waals surface area contributed by atoms with Crippen LogP contribution in [0.25, 0.3) is 0 Å². The van der Waals surface area contributed by atoms with E-state index >= 15 is 0 Å². The van der Waals surface area contributed by atoms with Gasteiger partial charge in [-0.1, -0.05) is 12.1 Å². The number of anilines is 1. The van der Waals surface area contributed by atoms with Gasteiger partial charge in [0, 0.05) is 64.2 Å². The Morgan fingerprint density at radius 3 is 2.59 bits per heavy atom. The SMILES string of the molecule is O=C(CCN1CCCC1=O)NCc1cccc(NC(=O)CCN2CCOCC2)c1. The van der Waals surface area contributed by atoms with Crippen LogP contribution in [0.5, 0.6) is 0 Å². The molecule has 0 aromatic heterocycles. The predicted octanol–water partition coefficient (Wildman–Crippen LogP) is 0.976. The number of carbonyl (C=O) groups excluding carboxylic acids is 3. The van der Waals surface area contributed by atoms with Crippen LogP contribution in [0.2, 0.25) is 0 Å². The molecule has 158 valence electrons. The Kier molecular flexibility index (Phi) is 8.01. The van der Waals surface area contributed by atoms with Gasteiger partial charge in [0.25, 0.3) is 0 Å². The first-order chi connectivity index (χ1) is 14.1. The number of morpholine rings is 1. The summed E-state index contributed by atoms with van der Waals surface area (Å²) in [6.45, 7) is 5.54. The number of nitrogens with zero attached hydrogens (tertiary/aromatic N) is 2. The molecule has 2 fully saturated rings. The molecule has 0 saturated carbocycles. The van der Waals surface area contributed by atoms with Crippen LogP contribution in [0.3, 0.4) is 0 Å². The molecule has 1 aromatic rings. The summed E-state index contributed by atoms with van der Waals surface area (Å²) < 4.78 is 5.31. The Balaban J connectivity index is 1.37.